The molecule has 2 atom stereocenters. The molecular formula is C15H21NO3. The van der Waals surface area contributed by atoms with E-state index in [1.54, 1.807) is 31.4 Å². The second kappa shape index (κ2) is 6.57. The van der Waals surface area contributed by atoms with Crippen LogP contribution in [0.3, 0.4) is 0 Å². The average Bonchev–Trinajstić information content (AvgIpc) is 2.64. The van der Waals surface area contributed by atoms with Crippen molar-refractivity contribution in [1.29, 1.82) is 0 Å². The lowest BCUT2D eigenvalue weighted by Crippen LogP contribution is -2.42. The standard InChI is InChI=1S/C15H21NO3/c1-19-12-9-7-11(8-10-12)15(18)16-13-5-3-2-4-6-14(13)17/h7-10,13-14,17H,2-6H2,1H3,(H,16,18). The Balaban J connectivity index is 1.98. The summed E-state index contributed by atoms with van der Waals surface area (Å²) in [5.41, 5.74) is 0.595. The maximum absolute atomic E-state index is 12.1. The summed E-state index contributed by atoms with van der Waals surface area (Å²) < 4.78 is 5.06. The summed E-state index contributed by atoms with van der Waals surface area (Å²) in [4.78, 5) is 12.1. The van der Waals surface area contributed by atoms with Crippen molar-refractivity contribution in [1.82, 2.24) is 5.32 Å². The van der Waals surface area contributed by atoms with Crippen LogP contribution < -0.4 is 10.1 Å². The van der Waals surface area contributed by atoms with Gasteiger partial charge in [-0.3, -0.25) is 4.79 Å². The maximum Gasteiger partial charge on any atom is 0.251 e. The predicted molar refractivity (Wildman–Crippen MR) is 73.3 cm³/mol. The SMILES string of the molecule is COc1ccc(C(=O)NC2CCCCCC2O)cc1. The van der Waals surface area contributed by atoms with Crippen molar-refractivity contribution in [3.05, 3.63) is 29.8 Å². The highest BCUT2D eigenvalue weighted by molar-refractivity contribution is 5.94. The summed E-state index contributed by atoms with van der Waals surface area (Å²) in [6.45, 7) is 0. The van der Waals surface area contributed by atoms with Gasteiger partial charge in [0.15, 0.2) is 0 Å². The Hall–Kier alpha value is -1.55. The Kier molecular flexibility index (Phi) is 4.80. The zero-order valence-electron chi connectivity index (χ0n) is 11.3. The highest BCUT2D eigenvalue weighted by Crippen LogP contribution is 2.19. The third-order valence-corrected chi connectivity index (χ3v) is 3.65. The summed E-state index contributed by atoms with van der Waals surface area (Å²) in [5.74, 6) is 0.597. The van der Waals surface area contributed by atoms with Crippen LogP contribution in [0.4, 0.5) is 0 Å². The van der Waals surface area contributed by atoms with Gasteiger partial charge in [-0.25, -0.2) is 0 Å². The van der Waals surface area contributed by atoms with Gasteiger partial charge in [0.05, 0.1) is 19.3 Å². The molecule has 4 heteroatoms. The Labute approximate surface area is 113 Å². The van der Waals surface area contributed by atoms with Crippen LogP contribution in [0, 0.1) is 0 Å². The first kappa shape index (κ1) is 13.9. The van der Waals surface area contributed by atoms with Gasteiger partial charge in [0.25, 0.3) is 5.91 Å². The van der Waals surface area contributed by atoms with Crippen LogP contribution in [0.5, 0.6) is 5.75 Å². The number of benzene rings is 1. The zero-order chi connectivity index (χ0) is 13.7. The number of amides is 1. The normalized spacial score (nSPS) is 23.5. The van der Waals surface area contributed by atoms with Crippen LogP contribution in [-0.4, -0.2) is 30.3 Å². The number of rotatable bonds is 3. The third-order valence-electron chi connectivity index (χ3n) is 3.65. The molecule has 1 amide bonds. The lowest BCUT2D eigenvalue weighted by molar-refractivity contribution is 0.0819. The van der Waals surface area contributed by atoms with Crippen molar-refractivity contribution < 1.29 is 14.6 Å². The van der Waals surface area contributed by atoms with E-state index in [9.17, 15) is 9.90 Å². The van der Waals surface area contributed by atoms with Crippen molar-refractivity contribution in [2.75, 3.05) is 7.11 Å². The average molecular weight is 263 g/mol. The number of hydrogen-bond donors (Lipinski definition) is 2. The van der Waals surface area contributed by atoms with E-state index in [4.69, 9.17) is 4.74 Å². The number of carbonyl (C=O) groups is 1. The Bertz CT molecular complexity index is 416. The molecule has 19 heavy (non-hydrogen) atoms. The van der Waals surface area contributed by atoms with Gasteiger partial charge < -0.3 is 15.2 Å². The van der Waals surface area contributed by atoms with Crippen LogP contribution in [0.1, 0.15) is 42.5 Å². The Morgan fingerprint density at radius 1 is 1.21 bits per heavy atom. The molecule has 2 unspecified atom stereocenters. The van der Waals surface area contributed by atoms with Crippen molar-refractivity contribution in [2.24, 2.45) is 0 Å². The molecule has 2 rings (SSSR count). The fraction of sp³-hybridized carbons (Fsp3) is 0.533. The molecule has 4 nitrogen and oxygen atoms in total. The quantitative estimate of drug-likeness (QED) is 0.821. The van der Waals surface area contributed by atoms with Gasteiger partial charge in [-0.15, -0.1) is 0 Å². The number of ether oxygens (including phenoxy) is 1. The van der Waals surface area contributed by atoms with E-state index in [0.29, 0.717) is 5.56 Å². The molecule has 1 aromatic rings. The smallest absolute Gasteiger partial charge is 0.251 e. The monoisotopic (exact) mass is 263 g/mol. The minimum Gasteiger partial charge on any atom is -0.497 e. The van der Waals surface area contributed by atoms with Gasteiger partial charge in [-0.05, 0) is 37.1 Å². The molecule has 1 saturated carbocycles. The van der Waals surface area contributed by atoms with Crippen molar-refractivity contribution in [3.8, 4) is 5.75 Å². The summed E-state index contributed by atoms with van der Waals surface area (Å²) in [7, 11) is 1.59. The highest BCUT2D eigenvalue weighted by atomic mass is 16.5. The molecule has 1 aliphatic rings. The van der Waals surface area contributed by atoms with Crippen LogP contribution in [0.2, 0.25) is 0 Å². The first-order valence-corrected chi connectivity index (χ1v) is 6.83. The van der Waals surface area contributed by atoms with Gasteiger partial charge in [0.1, 0.15) is 5.75 Å². The second-order valence-electron chi connectivity index (χ2n) is 5.01. The number of aliphatic hydroxyl groups is 1. The molecule has 1 aliphatic carbocycles. The summed E-state index contributed by atoms with van der Waals surface area (Å²) >= 11 is 0. The van der Waals surface area contributed by atoms with Gasteiger partial charge in [-0.2, -0.15) is 0 Å². The van der Waals surface area contributed by atoms with Gasteiger partial charge in [0.2, 0.25) is 0 Å². The number of hydrogen-bond acceptors (Lipinski definition) is 3. The minimum absolute atomic E-state index is 0.128. The molecule has 0 aromatic heterocycles. The van der Waals surface area contributed by atoms with E-state index in [1.165, 1.54) is 0 Å². The van der Waals surface area contributed by atoms with Gasteiger partial charge in [0, 0.05) is 5.56 Å². The molecule has 0 radical (unpaired) electrons. The van der Waals surface area contributed by atoms with E-state index in [2.05, 4.69) is 5.32 Å². The molecule has 0 bridgehead atoms. The molecule has 0 saturated heterocycles. The molecular weight excluding hydrogens is 242 g/mol. The third kappa shape index (κ3) is 3.70. The van der Waals surface area contributed by atoms with Crippen molar-refractivity contribution in [3.63, 3.8) is 0 Å². The highest BCUT2D eigenvalue weighted by Gasteiger charge is 2.23. The topological polar surface area (TPSA) is 58.6 Å². The summed E-state index contributed by atoms with van der Waals surface area (Å²) in [5, 5.41) is 12.9. The number of carbonyl (C=O) groups excluding carboxylic acids is 1. The lowest BCUT2D eigenvalue weighted by Gasteiger charge is -2.21. The number of aliphatic hydroxyl groups excluding tert-OH is 1. The van der Waals surface area contributed by atoms with Crippen LogP contribution in [-0.2, 0) is 0 Å². The molecule has 1 fully saturated rings. The molecule has 1 aromatic carbocycles. The van der Waals surface area contributed by atoms with E-state index in [1.807, 2.05) is 0 Å². The summed E-state index contributed by atoms with van der Waals surface area (Å²) in [6, 6.07) is 6.86. The number of nitrogens with one attached hydrogen (secondary N) is 1. The maximum atomic E-state index is 12.1. The van der Waals surface area contributed by atoms with Crippen molar-refractivity contribution >= 4 is 5.91 Å². The largest absolute Gasteiger partial charge is 0.497 e. The molecule has 0 aliphatic heterocycles. The predicted octanol–water partition coefficient (Wildman–Crippen LogP) is 2.12. The van der Waals surface area contributed by atoms with Crippen molar-refractivity contribution in [2.45, 2.75) is 44.2 Å². The fourth-order valence-electron chi connectivity index (χ4n) is 2.45. The van der Waals surface area contributed by atoms with E-state index < -0.39 is 6.10 Å². The van der Waals surface area contributed by atoms with E-state index >= 15 is 0 Å². The fourth-order valence-corrected chi connectivity index (χ4v) is 2.45. The molecule has 0 spiro atoms. The summed E-state index contributed by atoms with van der Waals surface area (Å²) in [6.07, 6.45) is 4.42. The van der Waals surface area contributed by atoms with Crippen LogP contribution >= 0.6 is 0 Å². The van der Waals surface area contributed by atoms with Crippen LogP contribution in [0.25, 0.3) is 0 Å². The van der Waals surface area contributed by atoms with E-state index in [-0.39, 0.29) is 11.9 Å². The number of methoxy groups -OCH3 is 1. The second-order valence-corrected chi connectivity index (χ2v) is 5.01. The zero-order valence-corrected chi connectivity index (χ0v) is 11.3. The first-order valence-electron chi connectivity index (χ1n) is 6.83. The Morgan fingerprint density at radius 3 is 2.58 bits per heavy atom. The molecule has 0 heterocycles. The van der Waals surface area contributed by atoms with Gasteiger partial charge >= 0.3 is 0 Å². The van der Waals surface area contributed by atoms with Crippen LogP contribution in [0.15, 0.2) is 24.3 Å². The first-order chi connectivity index (χ1) is 9.20. The molecule has 2 N–H and O–H groups in total. The van der Waals surface area contributed by atoms with Gasteiger partial charge in [-0.1, -0.05) is 19.3 Å². The van der Waals surface area contributed by atoms with E-state index in [0.717, 1.165) is 37.9 Å². The minimum atomic E-state index is -0.426. The lowest BCUT2D eigenvalue weighted by atomic mass is 10.1. The molecule has 104 valence electrons. The Morgan fingerprint density at radius 2 is 1.89 bits per heavy atom.